The monoisotopic (exact) mass is 421 g/mol. The van der Waals surface area contributed by atoms with Crippen molar-refractivity contribution in [1.82, 2.24) is 0 Å². The van der Waals surface area contributed by atoms with Gasteiger partial charge in [0.1, 0.15) is 12.4 Å². The Kier molecular flexibility index (Phi) is 8.21. The Morgan fingerprint density at radius 1 is 1.10 bits per heavy atom. The molecule has 0 saturated heterocycles. The van der Waals surface area contributed by atoms with E-state index in [2.05, 4.69) is 28.6 Å². The lowest BCUT2D eigenvalue weighted by Gasteiger charge is -2.23. The topological polar surface area (TPSA) is 63.5 Å². The molecule has 0 heterocycles. The average Bonchev–Trinajstić information content (AvgIpc) is 3.30. The van der Waals surface area contributed by atoms with Gasteiger partial charge in [-0.2, -0.15) is 10.2 Å². The van der Waals surface area contributed by atoms with Gasteiger partial charge in [-0.15, -0.1) is 6.58 Å². The lowest BCUT2D eigenvalue weighted by molar-refractivity contribution is -0.148. The number of ether oxygens (including phenoxy) is 2. The van der Waals surface area contributed by atoms with Crippen molar-refractivity contribution in [2.75, 3.05) is 31.7 Å². The molecule has 2 atom stereocenters. The van der Waals surface area contributed by atoms with Crippen LogP contribution in [0.5, 0.6) is 5.75 Å². The van der Waals surface area contributed by atoms with Crippen LogP contribution < -0.4 is 9.64 Å². The summed E-state index contributed by atoms with van der Waals surface area (Å²) in [5.41, 5.74) is 2.60. The zero-order valence-electron chi connectivity index (χ0n) is 18.4. The molecule has 1 aliphatic carbocycles. The van der Waals surface area contributed by atoms with Crippen LogP contribution in [-0.2, 0) is 9.53 Å². The summed E-state index contributed by atoms with van der Waals surface area (Å²) >= 11 is 0. The van der Waals surface area contributed by atoms with Crippen LogP contribution in [-0.4, -0.2) is 32.8 Å². The number of allylic oxidation sites excluding steroid dienone is 1. The number of benzene rings is 2. The van der Waals surface area contributed by atoms with Gasteiger partial charge in [-0.3, -0.25) is 4.79 Å². The first kappa shape index (κ1) is 22.5. The summed E-state index contributed by atoms with van der Waals surface area (Å²) in [6, 6.07) is 15.3. The molecule has 0 radical (unpaired) electrons. The molecule has 2 aromatic rings. The zero-order chi connectivity index (χ0) is 22.1. The van der Waals surface area contributed by atoms with E-state index in [1.54, 1.807) is 7.11 Å². The first-order valence-corrected chi connectivity index (χ1v) is 10.8. The van der Waals surface area contributed by atoms with Crippen LogP contribution in [0.2, 0.25) is 0 Å². The second-order valence-corrected chi connectivity index (χ2v) is 7.60. The van der Waals surface area contributed by atoms with Gasteiger partial charge >= 0.3 is 5.97 Å². The number of likely N-dealkylation sites (N-methyl/N-ethyl adjacent to an activating group) is 1. The highest BCUT2D eigenvalue weighted by atomic mass is 16.5. The van der Waals surface area contributed by atoms with Gasteiger partial charge in [-0.1, -0.05) is 12.5 Å². The Labute approximate surface area is 184 Å². The predicted molar refractivity (Wildman–Crippen MR) is 123 cm³/mol. The summed E-state index contributed by atoms with van der Waals surface area (Å²) in [7, 11) is 1.63. The molecule has 1 aliphatic rings. The number of azo groups is 1. The molecule has 0 amide bonds. The van der Waals surface area contributed by atoms with Gasteiger partial charge in [-0.05, 0) is 74.2 Å². The van der Waals surface area contributed by atoms with Gasteiger partial charge in [0.05, 0.1) is 30.9 Å². The molecule has 1 fully saturated rings. The Balaban J connectivity index is 1.51. The number of anilines is 1. The Morgan fingerprint density at radius 2 is 1.74 bits per heavy atom. The minimum absolute atomic E-state index is 0.0251. The molecule has 0 aromatic heterocycles. The molecule has 0 spiro atoms. The van der Waals surface area contributed by atoms with Crippen molar-refractivity contribution in [3.63, 3.8) is 0 Å². The molecule has 2 unspecified atom stereocenters. The Hall–Kier alpha value is -3.15. The zero-order valence-corrected chi connectivity index (χ0v) is 18.4. The highest BCUT2D eigenvalue weighted by Gasteiger charge is 2.32. The molecule has 0 bridgehead atoms. The molecular formula is C25H31N3O3. The lowest BCUT2D eigenvalue weighted by atomic mass is 9.96. The molecular weight excluding hydrogens is 390 g/mol. The van der Waals surface area contributed by atoms with Gasteiger partial charge in [0.25, 0.3) is 0 Å². The highest BCUT2D eigenvalue weighted by Crippen LogP contribution is 2.33. The third-order valence-corrected chi connectivity index (χ3v) is 5.73. The second kappa shape index (κ2) is 11.3. The van der Waals surface area contributed by atoms with E-state index in [1.807, 2.05) is 54.6 Å². The fourth-order valence-electron chi connectivity index (χ4n) is 3.89. The molecule has 164 valence electrons. The number of carbonyl (C=O) groups is 1. The number of carbonyl (C=O) groups excluding carboxylic acids is 1. The van der Waals surface area contributed by atoms with Crippen molar-refractivity contribution in [3.05, 3.63) is 61.2 Å². The lowest BCUT2D eigenvalue weighted by Crippen LogP contribution is -2.29. The van der Waals surface area contributed by atoms with Crippen molar-refractivity contribution in [2.45, 2.75) is 26.2 Å². The molecule has 2 aromatic carbocycles. The average molecular weight is 422 g/mol. The Morgan fingerprint density at radius 3 is 2.32 bits per heavy atom. The van der Waals surface area contributed by atoms with E-state index >= 15 is 0 Å². The molecule has 0 aliphatic heterocycles. The maximum atomic E-state index is 12.4. The van der Waals surface area contributed by atoms with Crippen molar-refractivity contribution in [1.29, 1.82) is 0 Å². The minimum Gasteiger partial charge on any atom is -0.497 e. The van der Waals surface area contributed by atoms with E-state index < -0.39 is 0 Å². The van der Waals surface area contributed by atoms with Crippen molar-refractivity contribution < 1.29 is 14.3 Å². The number of hydrogen-bond donors (Lipinski definition) is 0. The quantitative estimate of drug-likeness (QED) is 0.265. The van der Waals surface area contributed by atoms with Crippen LogP contribution >= 0.6 is 0 Å². The molecule has 0 N–H and O–H groups in total. The van der Waals surface area contributed by atoms with Crippen molar-refractivity contribution in [2.24, 2.45) is 22.1 Å². The third kappa shape index (κ3) is 6.17. The van der Waals surface area contributed by atoms with E-state index in [1.165, 1.54) is 0 Å². The smallest absolute Gasteiger partial charge is 0.309 e. The predicted octanol–water partition coefficient (Wildman–Crippen LogP) is 6.08. The standard InChI is InChI=1S/C25H31N3O3/c1-4-19-7-6-8-24(19)25(29)31-18-17-28(5-2)22-13-9-20(10-14-22)26-27-21-11-15-23(30-3)16-12-21/h4,9-16,19,24H,1,5-8,17-18H2,2-3H3. The molecule has 6 heteroatoms. The first-order chi connectivity index (χ1) is 15.1. The normalized spacial score (nSPS) is 18.1. The third-order valence-electron chi connectivity index (χ3n) is 5.73. The maximum Gasteiger partial charge on any atom is 0.309 e. The second-order valence-electron chi connectivity index (χ2n) is 7.60. The summed E-state index contributed by atoms with van der Waals surface area (Å²) in [6.07, 6.45) is 4.90. The largest absolute Gasteiger partial charge is 0.497 e. The van der Waals surface area contributed by atoms with Gasteiger partial charge in [0.2, 0.25) is 0 Å². The van der Waals surface area contributed by atoms with E-state index in [0.717, 1.165) is 48.6 Å². The number of rotatable bonds is 10. The van der Waals surface area contributed by atoms with Crippen molar-refractivity contribution >= 4 is 23.0 Å². The van der Waals surface area contributed by atoms with E-state index in [4.69, 9.17) is 9.47 Å². The number of nitrogens with zero attached hydrogens (tertiary/aromatic N) is 3. The van der Waals surface area contributed by atoms with Gasteiger partial charge in [0.15, 0.2) is 0 Å². The van der Waals surface area contributed by atoms with Crippen LogP contribution in [0.3, 0.4) is 0 Å². The molecule has 6 nitrogen and oxygen atoms in total. The molecule has 1 saturated carbocycles. The van der Waals surface area contributed by atoms with Crippen molar-refractivity contribution in [3.8, 4) is 5.75 Å². The summed E-state index contributed by atoms with van der Waals surface area (Å²) < 4.78 is 10.7. The number of hydrogen-bond acceptors (Lipinski definition) is 6. The minimum atomic E-state index is -0.0901. The summed E-state index contributed by atoms with van der Waals surface area (Å²) in [5.74, 6) is 0.933. The van der Waals surface area contributed by atoms with Gasteiger partial charge in [-0.25, -0.2) is 0 Å². The Bertz CT molecular complexity index is 878. The highest BCUT2D eigenvalue weighted by molar-refractivity contribution is 5.73. The van der Waals surface area contributed by atoms with Crippen LogP contribution in [0, 0.1) is 11.8 Å². The van der Waals surface area contributed by atoms with E-state index in [-0.39, 0.29) is 17.8 Å². The fraction of sp³-hybridized carbons (Fsp3) is 0.400. The molecule has 3 rings (SSSR count). The van der Waals surface area contributed by atoms with E-state index in [9.17, 15) is 4.79 Å². The summed E-state index contributed by atoms with van der Waals surface area (Å²) in [5, 5.41) is 8.55. The van der Waals surface area contributed by atoms with Crippen LogP contribution in [0.4, 0.5) is 17.1 Å². The SMILES string of the molecule is C=CC1CCCC1C(=O)OCCN(CC)c1ccc(N=Nc2ccc(OC)cc2)cc1. The maximum absolute atomic E-state index is 12.4. The number of methoxy groups -OCH3 is 1. The van der Waals surface area contributed by atoms with Crippen LogP contribution in [0.15, 0.2) is 71.4 Å². The van der Waals surface area contributed by atoms with Gasteiger partial charge < -0.3 is 14.4 Å². The fourth-order valence-corrected chi connectivity index (χ4v) is 3.89. The molecule has 31 heavy (non-hydrogen) atoms. The summed E-state index contributed by atoms with van der Waals surface area (Å²) in [6.45, 7) is 7.79. The van der Waals surface area contributed by atoms with E-state index in [0.29, 0.717) is 13.2 Å². The van der Waals surface area contributed by atoms with Gasteiger partial charge in [0, 0.05) is 12.2 Å². The van der Waals surface area contributed by atoms with Crippen LogP contribution in [0.25, 0.3) is 0 Å². The number of esters is 1. The van der Waals surface area contributed by atoms with Crippen LogP contribution in [0.1, 0.15) is 26.2 Å². The first-order valence-electron chi connectivity index (χ1n) is 10.8. The summed E-state index contributed by atoms with van der Waals surface area (Å²) in [4.78, 5) is 14.5.